The number of rotatable bonds is 20. The van der Waals surface area contributed by atoms with Gasteiger partial charge in [-0.05, 0) is 76.0 Å². The Labute approximate surface area is 263 Å². The molecule has 11 heteroatoms. The van der Waals surface area contributed by atoms with Crippen LogP contribution in [0.25, 0.3) is 0 Å². The molecule has 0 aromatic heterocycles. The molecular weight excluding hydrogens is 564 g/mol. The van der Waals surface area contributed by atoms with E-state index < -0.39 is 6.03 Å². The number of ether oxygens (including phenoxy) is 1. The van der Waals surface area contributed by atoms with Crippen molar-refractivity contribution in [1.29, 1.82) is 0 Å². The van der Waals surface area contributed by atoms with Gasteiger partial charge in [-0.2, -0.15) is 17.3 Å². The number of thioether (sulfide) groups is 1. The summed E-state index contributed by atoms with van der Waals surface area (Å²) in [5, 5.41) is 5.91. The molecule has 43 heavy (non-hydrogen) atoms. The van der Waals surface area contributed by atoms with Gasteiger partial charge in [-0.1, -0.05) is 39.5 Å². The lowest BCUT2D eigenvalue weighted by Gasteiger charge is -2.38. The highest BCUT2D eigenvalue weighted by Gasteiger charge is 2.47. The Morgan fingerprint density at radius 2 is 1.84 bits per heavy atom. The van der Waals surface area contributed by atoms with E-state index in [2.05, 4.69) is 40.1 Å². The lowest BCUT2D eigenvalue weighted by molar-refractivity contribution is -0.143. The minimum atomic E-state index is -0.629. The molecule has 2 heterocycles. The summed E-state index contributed by atoms with van der Waals surface area (Å²) in [5.74, 6) is 2.68. The molecule has 1 saturated carbocycles. The molecule has 0 aromatic carbocycles. The van der Waals surface area contributed by atoms with Crippen molar-refractivity contribution in [2.45, 2.75) is 127 Å². The highest BCUT2D eigenvalue weighted by atomic mass is 32.2. The largest absolute Gasteiger partial charge is 0.466 e. The van der Waals surface area contributed by atoms with Crippen molar-refractivity contribution in [2.24, 2.45) is 28.5 Å². The van der Waals surface area contributed by atoms with Gasteiger partial charge in [-0.25, -0.2) is 20.2 Å². The smallest absolute Gasteiger partial charge is 0.337 e. The first kappa shape index (κ1) is 35.8. The van der Waals surface area contributed by atoms with Crippen molar-refractivity contribution < 1.29 is 19.1 Å². The molecular formula is C32H58N6O4S. The summed E-state index contributed by atoms with van der Waals surface area (Å²) >= 11 is 1.92. The molecule has 2 unspecified atom stereocenters. The molecule has 2 aliphatic heterocycles. The van der Waals surface area contributed by atoms with Gasteiger partial charge in [0.2, 0.25) is 5.91 Å². The van der Waals surface area contributed by atoms with Crippen LogP contribution in [0.4, 0.5) is 4.79 Å². The van der Waals surface area contributed by atoms with E-state index in [-0.39, 0.29) is 17.4 Å². The molecule has 10 nitrogen and oxygen atoms in total. The van der Waals surface area contributed by atoms with Crippen molar-refractivity contribution in [1.82, 2.24) is 21.3 Å². The number of amides is 3. The maximum atomic E-state index is 12.1. The SMILES string of the molecule is CC(C)C1(C2CCCC2)CN(CCCCCC(=O)OCCCCCNC(=O)CCCC[C@@H]2CC(/C=N/C(N)=O)CS2)NN1. The predicted molar refractivity (Wildman–Crippen MR) is 175 cm³/mol. The van der Waals surface area contributed by atoms with E-state index in [1.165, 1.54) is 25.7 Å². The maximum absolute atomic E-state index is 12.1. The number of nitrogens with two attached hydrogens (primary N) is 1. The number of unbranched alkanes of at least 4 members (excludes halogenated alkanes) is 5. The molecule has 246 valence electrons. The summed E-state index contributed by atoms with van der Waals surface area (Å²) in [6.07, 6.45) is 17.8. The number of primary amides is 1. The average molecular weight is 623 g/mol. The van der Waals surface area contributed by atoms with Gasteiger partial charge in [0.15, 0.2) is 0 Å². The zero-order chi connectivity index (χ0) is 30.9. The van der Waals surface area contributed by atoms with Crippen molar-refractivity contribution in [2.75, 3.05) is 32.0 Å². The fraction of sp³-hybridized carbons (Fsp3) is 0.875. The van der Waals surface area contributed by atoms with Crippen LogP contribution < -0.4 is 22.0 Å². The quantitative estimate of drug-likeness (QED) is 0.0834. The van der Waals surface area contributed by atoms with Crippen molar-refractivity contribution in [3.05, 3.63) is 0 Å². The molecule has 2 saturated heterocycles. The number of nitrogens with one attached hydrogen (secondary N) is 3. The van der Waals surface area contributed by atoms with Crippen molar-refractivity contribution >= 4 is 35.9 Å². The molecule has 3 fully saturated rings. The molecule has 0 bridgehead atoms. The number of nitrogens with zero attached hydrogens (tertiary/aromatic N) is 2. The number of aliphatic imine (C=N–C) groups is 1. The van der Waals surface area contributed by atoms with Crippen LogP contribution in [0, 0.1) is 17.8 Å². The van der Waals surface area contributed by atoms with Crippen LogP contribution in [-0.2, 0) is 14.3 Å². The van der Waals surface area contributed by atoms with Gasteiger partial charge in [-0.3, -0.25) is 9.59 Å². The van der Waals surface area contributed by atoms with Gasteiger partial charge < -0.3 is 15.8 Å². The molecule has 3 amide bonds. The summed E-state index contributed by atoms with van der Waals surface area (Å²) in [4.78, 5) is 38.6. The Hall–Kier alpha value is -1.69. The molecule has 5 N–H and O–H groups in total. The number of hydrogen-bond donors (Lipinski definition) is 4. The minimum absolute atomic E-state index is 0.0976. The van der Waals surface area contributed by atoms with Gasteiger partial charge in [-0.15, -0.1) is 0 Å². The van der Waals surface area contributed by atoms with Crippen LogP contribution in [0.1, 0.15) is 117 Å². The van der Waals surface area contributed by atoms with Gasteiger partial charge in [0.1, 0.15) is 0 Å². The van der Waals surface area contributed by atoms with E-state index in [0.717, 1.165) is 89.0 Å². The summed E-state index contributed by atoms with van der Waals surface area (Å²) < 4.78 is 5.41. The van der Waals surface area contributed by atoms with E-state index in [1.54, 1.807) is 6.21 Å². The van der Waals surface area contributed by atoms with Crippen LogP contribution in [-0.4, -0.2) is 71.9 Å². The molecule has 0 radical (unpaired) electrons. The zero-order valence-corrected chi connectivity index (χ0v) is 27.6. The predicted octanol–water partition coefficient (Wildman–Crippen LogP) is 5.12. The normalized spacial score (nSPS) is 24.8. The van der Waals surface area contributed by atoms with Crippen LogP contribution in [0.15, 0.2) is 4.99 Å². The third-order valence-electron chi connectivity index (χ3n) is 9.43. The van der Waals surface area contributed by atoms with Gasteiger partial charge in [0.05, 0.1) is 12.1 Å². The fourth-order valence-corrected chi connectivity index (χ4v) is 8.24. The molecule has 0 spiro atoms. The van der Waals surface area contributed by atoms with Gasteiger partial charge in [0, 0.05) is 55.6 Å². The third kappa shape index (κ3) is 13.1. The number of hydrazine groups is 2. The standard InChI is InChI=1S/C32H58N6O4S/c1-25(2)32(27-13-6-7-14-27)24-38(37-36-32)19-11-3-5-17-30(40)42-20-12-4-10-18-34-29(39)16-9-8-15-28-21-26(23-43-28)22-35-31(33)41/h22,25-28,36-37H,3-21,23-24H2,1-2H3,(H2,33,41)(H,34,39)/b35-22+/t26?,28-,32?/m1/s1. The first-order valence-electron chi connectivity index (χ1n) is 16.9. The Morgan fingerprint density at radius 3 is 2.60 bits per heavy atom. The average Bonchev–Trinajstić information content (AvgIpc) is 3.75. The van der Waals surface area contributed by atoms with E-state index in [0.29, 0.717) is 43.1 Å². The topological polar surface area (TPSA) is 138 Å². The van der Waals surface area contributed by atoms with E-state index in [9.17, 15) is 14.4 Å². The summed E-state index contributed by atoms with van der Waals surface area (Å²) in [5.41, 5.74) is 12.3. The Bertz CT molecular complexity index is 884. The molecule has 3 aliphatic rings. The second-order valence-corrected chi connectivity index (χ2v) is 14.4. The number of hydrogen-bond acceptors (Lipinski definition) is 8. The highest BCUT2D eigenvalue weighted by molar-refractivity contribution is 8.00. The maximum Gasteiger partial charge on any atom is 0.337 e. The summed E-state index contributed by atoms with van der Waals surface area (Å²) in [7, 11) is 0. The summed E-state index contributed by atoms with van der Waals surface area (Å²) in [6, 6.07) is -0.629. The number of urea groups is 1. The number of carbonyl (C=O) groups is 3. The highest BCUT2D eigenvalue weighted by Crippen LogP contribution is 2.40. The lowest BCUT2D eigenvalue weighted by Crippen LogP contribution is -2.54. The first-order chi connectivity index (χ1) is 20.8. The first-order valence-corrected chi connectivity index (χ1v) is 18.0. The molecule has 3 rings (SSSR count). The fourth-order valence-electron chi connectivity index (χ4n) is 6.79. The van der Waals surface area contributed by atoms with E-state index in [4.69, 9.17) is 10.5 Å². The van der Waals surface area contributed by atoms with Crippen molar-refractivity contribution in [3.8, 4) is 0 Å². The van der Waals surface area contributed by atoms with Crippen LogP contribution in [0.3, 0.4) is 0 Å². The molecule has 3 atom stereocenters. The van der Waals surface area contributed by atoms with Crippen LogP contribution in [0.5, 0.6) is 0 Å². The second kappa shape index (κ2) is 19.6. The third-order valence-corrected chi connectivity index (χ3v) is 11.0. The van der Waals surface area contributed by atoms with E-state index in [1.807, 2.05) is 11.8 Å². The van der Waals surface area contributed by atoms with Gasteiger partial charge in [0.25, 0.3) is 0 Å². The van der Waals surface area contributed by atoms with Crippen molar-refractivity contribution in [3.63, 3.8) is 0 Å². The Morgan fingerprint density at radius 1 is 1.07 bits per heavy atom. The number of carbonyl (C=O) groups excluding carboxylic acids is 3. The Kier molecular flexibility index (Phi) is 16.3. The van der Waals surface area contributed by atoms with Gasteiger partial charge >= 0.3 is 12.0 Å². The minimum Gasteiger partial charge on any atom is -0.466 e. The van der Waals surface area contributed by atoms with Crippen LogP contribution >= 0.6 is 11.8 Å². The van der Waals surface area contributed by atoms with Crippen LogP contribution in [0.2, 0.25) is 0 Å². The Balaban J connectivity index is 1.08. The molecule has 0 aromatic rings. The molecule has 1 aliphatic carbocycles. The second-order valence-electron chi connectivity index (χ2n) is 13.1. The lowest BCUT2D eigenvalue weighted by atomic mass is 9.75. The zero-order valence-electron chi connectivity index (χ0n) is 26.7. The monoisotopic (exact) mass is 622 g/mol. The number of esters is 1. The summed E-state index contributed by atoms with van der Waals surface area (Å²) in [6.45, 7) is 7.86. The van der Waals surface area contributed by atoms with E-state index >= 15 is 0 Å².